The summed E-state index contributed by atoms with van der Waals surface area (Å²) in [6, 6.07) is 10.7. The van der Waals surface area contributed by atoms with Crippen LogP contribution in [0.5, 0.6) is 0 Å². The number of hydrogen-bond donors (Lipinski definition) is 2. The molecule has 2 rings (SSSR count). The number of carbonyl (C=O) groups is 1. The fourth-order valence-corrected chi connectivity index (χ4v) is 1.80. The zero-order valence-electron chi connectivity index (χ0n) is 11.6. The minimum Gasteiger partial charge on any atom is -0.382 e. The molecular weight excluding hydrogens is 274 g/mol. The molecule has 110 valence electrons. The molecule has 0 unspecified atom stereocenters. The largest absolute Gasteiger partial charge is 0.382 e. The number of benzene rings is 2. The maximum atomic E-state index is 13.4. The van der Waals surface area contributed by atoms with Crippen LogP contribution < -0.4 is 10.6 Å². The predicted octanol–water partition coefficient (Wildman–Crippen LogP) is 3.71. The molecule has 0 radical (unpaired) electrons. The SMILES string of the molecule is Cc1ccc(NC(=O)CCNc2ccc(F)cc2F)cc1. The van der Waals surface area contributed by atoms with Crippen molar-refractivity contribution >= 4 is 17.3 Å². The summed E-state index contributed by atoms with van der Waals surface area (Å²) in [5.74, 6) is -1.47. The van der Waals surface area contributed by atoms with Gasteiger partial charge in [0.25, 0.3) is 0 Å². The third kappa shape index (κ3) is 4.56. The molecule has 0 aliphatic rings. The third-order valence-corrected chi connectivity index (χ3v) is 2.93. The van der Waals surface area contributed by atoms with Crippen LogP contribution in [0.25, 0.3) is 0 Å². The molecule has 0 aliphatic heterocycles. The van der Waals surface area contributed by atoms with Gasteiger partial charge in [0.1, 0.15) is 11.6 Å². The number of hydrogen-bond acceptors (Lipinski definition) is 2. The van der Waals surface area contributed by atoms with Crippen molar-refractivity contribution in [2.45, 2.75) is 13.3 Å². The molecule has 0 aromatic heterocycles. The van der Waals surface area contributed by atoms with Crippen LogP contribution in [0.4, 0.5) is 20.2 Å². The second kappa shape index (κ2) is 6.83. The van der Waals surface area contributed by atoms with E-state index in [0.717, 1.165) is 23.4 Å². The van der Waals surface area contributed by atoms with Crippen LogP contribution in [0, 0.1) is 18.6 Å². The number of nitrogens with one attached hydrogen (secondary N) is 2. The van der Waals surface area contributed by atoms with E-state index in [4.69, 9.17) is 0 Å². The van der Waals surface area contributed by atoms with E-state index in [2.05, 4.69) is 10.6 Å². The summed E-state index contributed by atoms with van der Waals surface area (Å²) in [6.07, 6.45) is 0.185. The van der Waals surface area contributed by atoms with E-state index in [1.807, 2.05) is 31.2 Å². The maximum Gasteiger partial charge on any atom is 0.226 e. The zero-order valence-corrected chi connectivity index (χ0v) is 11.6. The van der Waals surface area contributed by atoms with Gasteiger partial charge in [0.2, 0.25) is 5.91 Å². The summed E-state index contributed by atoms with van der Waals surface area (Å²) in [7, 11) is 0. The molecule has 21 heavy (non-hydrogen) atoms. The lowest BCUT2D eigenvalue weighted by Crippen LogP contribution is -2.16. The number of aryl methyl sites for hydroxylation is 1. The monoisotopic (exact) mass is 290 g/mol. The minimum absolute atomic E-state index is 0.172. The molecule has 0 saturated carbocycles. The molecule has 5 heteroatoms. The average molecular weight is 290 g/mol. The highest BCUT2D eigenvalue weighted by Crippen LogP contribution is 2.15. The van der Waals surface area contributed by atoms with Gasteiger partial charge >= 0.3 is 0 Å². The van der Waals surface area contributed by atoms with Crippen LogP contribution in [-0.4, -0.2) is 12.5 Å². The summed E-state index contributed by atoms with van der Waals surface area (Å²) in [5, 5.41) is 5.51. The van der Waals surface area contributed by atoms with Crippen LogP contribution in [0.3, 0.4) is 0 Å². The molecule has 2 N–H and O–H groups in total. The van der Waals surface area contributed by atoms with Crippen molar-refractivity contribution in [2.75, 3.05) is 17.2 Å². The summed E-state index contributed by atoms with van der Waals surface area (Å²) in [6.45, 7) is 2.23. The van der Waals surface area contributed by atoms with Gasteiger partial charge in [-0.2, -0.15) is 0 Å². The fourth-order valence-electron chi connectivity index (χ4n) is 1.80. The Bertz CT molecular complexity index is 627. The van der Waals surface area contributed by atoms with Crippen molar-refractivity contribution in [1.82, 2.24) is 0 Å². The number of carbonyl (C=O) groups excluding carboxylic acids is 1. The number of amides is 1. The summed E-state index contributed by atoms with van der Waals surface area (Å²) >= 11 is 0. The number of anilines is 2. The molecule has 0 heterocycles. The Balaban J connectivity index is 1.80. The van der Waals surface area contributed by atoms with Crippen LogP contribution in [-0.2, 0) is 4.79 Å². The van der Waals surface area contributed by atoms with Crippen molar-refractivity contribution in [3.05, 3.63) is 59.7 Å². The molecule has 0 fully saturated rings. The fraction of sp³-hybridized carbons (Fsp3) is 0.188. The van der Waals surface area contributed by atoms with Gasteiger partial charge in [-0.3, -0.25) is 4.79 Å². The maximum absolute atomic E-state index is 13.4. The molecule has 1 amide bonds. The van der Waals surface area contributed by atoms with Crippen molar-refractivity contribution in [3.8, 4) is 0 Å². The topological polar surface area (TPSA) is 41.1 Å². The molecule has 2 aromatic carbocycles. The van der Waals surface area contributed by atoms with Gasteiger partial charge in [-0.15, -0.1) is 0 Å². The van der Waals surface area contributed by atoms with Crippen molar-refractivity contribution < 1.29 is 13.6 Å². The van der Waals surface area contributed by atoms with E-state index in [-0.39, 0.29) is 24.6 Å². The third-order valence-electron chi connectivity index (χ3n) is 2.93. The van der Waals surface area contributed by atoms with Gasteiger partial charge in [0, 0.05) is 24.7 Å². The lowest BCUT2D eigenvalue weighted by Gasteiger charge is -2.08. The first kappa shape index (κ1) is 15.0. The first-order chi connectivity index (χ1) is 10.0. The number of rotatable bonds is 5. The van der Waals surface area contributed by atoms with Crippen molar-refractivity contribution in [2.24, 2.45) is 0 Å². The molecule has 0 atom stereocenters. The Morgan fingerprint density at radius 1 is 1.10 bits per heavy atom. The zero-order chi connectivity index (χ0) is 15.2. The van der Waals surface area contributed by atoms with E-state index in [1.54, 1.807) is 0 Å². The lowest BCUT2D eigenvalue weighted by atomic mass is 10.2. The van der Waals surface area contributed by atoms with Gasteiger partial charge < -0.3 is 10.6 Å². The van der Waals surface area contributed by atoms with Gasteiger partial charge in [-0.25, -0.2) is 8.78 Å². The van der Waals surface area contributed by atoms with E-state index in [1.165, 1.54) is 6.07 Å². The average Bonchev–Trinajstić information content (AvgIpc) is 2.44. The number of halogens is 2. The van der Waals surface area contributed by atoms with Gasteiger partial charge in [0.15, 0.2) is 0 Å². The van der Waals surface area contributed by atoms with E-state index in [0.29, 0.717) is 0 Å². The van der Waals surface area contributed by atoms with Crippen molar-refractivity contribution in [1.29, 1.82) is 0 Å². The second-order valence-electron chi connectivity index (χ2n) is 4.72. The Labute approximate surface area is 122 Å². The highest BCUT2D eigenvalue weighted by atomic mass is 19.1. The molecule has 3 nitrogen and oxygen atoms in total. The molecule has 0 aliphatic carbocycles. The second-order valence-corrected chi connectivity index (χ2v) is 4.72. The minimum atomic E-state index is -0.672. The van der Waals surface area contributed by atoms with E-state index in [9.17, 15) is 13.6 Å². The Morgan fingerprint density at radius 3 is 2.48 bits per heavy atom. The molecule has 0 bridgehead atoms. The summed E-state index contributed by atoms with van der Waals surface area (Å²) in [4.78, 5) is 11.7. The standard InChI is InChI=1S/C16H16F2N2O/c1-11-2-5-13(6-3-11)20-16(21)8-9-19-15-7-4-12(17)10-14(15)18/h2-7,10,19H,8-9H2,1H3,(H,20,21). The summed E-state index contributed by atoms with van der Waals surface area (Å²) < 4.78 is 26.1. The van der Waals surface area contributed by atoms with Gasteiger partial charge in [0.05, 0.1) is 5.69 Å². The smallest absolute Gasteiger partial charge is 0.226 e. The quantitative estimate of drug-likeness (QED) is 0.881. The van der Waals surface area contributed by atoms with E-state index >= 15 is 0 Å². The molecule has 0 saturated heterocycles. The van der Waals surface area contributed by atoms with Crippen molar-refractivity contribution in [3.63, 3.8) is 0 Å². The van der Waals surface area contributed by atoms with Crippen LogP contribution >= 0.6 is 0 Å². The summed E-state index contributed by atoms with van der Waals surface area (Å²) in [5.41, 5.74) is 2.01. The highest BCUT2D eigenvalue weighted by molar-refractivity contribution is 5.90. The Hall–Kier alpha value is -2.43. The predicted molar refractivity (Wildman–Crippen MR) is 79.3 cm³/mol. The first-order valence-corrected chi connectivity index (χ1v) is 6.60. The van der Waals surface area contributed by atoms with Gasteiger partial charge in [-0.1, -0.05) is 17.7 Å². The van der Waals surface area contributed by atoms with Crippen LogP contribution in [0.15, 0.2) is 42.5 Å². The molecular formula is C16H16F2N2O. The van der Waals surface area contributed by atoms with Gasteiger partial charge in [-0.05, 0) is 31.2 Å². The van der Waals surface area contributed by atoms with Crippen LogP contribution in [0.2, 0.25) is 0 Å². The Morgan fingerprint density at radius 2 is 1.81 bits per heavy atom. The highest BCUT2D eigenvalue weighted by Gasteiger charge is 2.05. The lowest BCUT2D eigenvalue weighted by molar-refractivity contribution is -0.115. The Kier molecular flexibility index (Phi) is 4.87. The van der Waals surface area contributed by atoms with Crippen LogP contribution in [0.1, 0.15) is 12.0 Å². The first-order valence-electron chi connectivity index (χ1n) is 6.60. The molecule has 0 spiro atoms. The normalized spacial score (nSPS) is 10.2. The molecule has 2 aromatic rings. The van der Waals surface area contributed by atoms with E-state index < -0.39 is 11.6 Å².